The molecule has 1 saturated carbocycles. The van der Waals surface area contributed by atoms with Gasteiger partial charge in [0.15, 0.2) is 0 Å². The lowest BCUT2D eigenvalue weighted by Crippen LogP contribution is -2.39. The quantitative estimate of drug-likeness (QED) is 0.807. The van der Waals surface area contributed by atoms with Gasteiger partial charge in [0.2, 0.25) is 5.91 Å². The number of hydrogen-bond acceptors (Lipinski definition) is 2. The fourth-order valence-electron chi connectivity index (χ4n) is 3.79. The first-order valence-corrected chi connectivity index (χ1v) is 10.1. The van der Waals surface area contributed by atoms with Crippen molar-refractivity contribution >= 4 is 40.8 Å². The molecule has 7 heteroatoms. The fraction of sp³-hybridized carbons (Fsp3) is 0.579. The zero-order valence-corrected chi connectivity index (χ0v) is 16.4. The van der Waals surface area contributed by atoms with Gasteiger partial charge in [-0.2, -0.15) is 0 Å². The largest absolute Gasteiger partial charge is 0.341 e. The normalized spacial score (nSPS) is 18.7. The third-order valence-corrected chi connectivity index (χ3v) is 5.62. The predicted molar refractivity (Wildman–Crippen MR) is 105 cm³/mol. The van der Waals surface area contributed by atoms with E-state index >= 15 is 0 Å². The highest BCUT2D eigenvalue weighted by Gasteiger charge is 2.25. The first-order valence-electron chi connectivity index (χ1n) is 9.31. The molecular weight excluding hydrogens is 373 g/mol. The van der Waals surface area contributed by atoms with Gasteiger partial charge in [-0.25, -0.2) is 4.79 Å². The maximum absolute atomic E-state index is 12.5. The number of anilines is 1. The number of urea groups is 1. The third-order valence-electron chi connectivity index (χ3n) is 5.19. The third kappa shape index (κ3) is 5.27. The van der Waals surface area contributed by atoms with Gasteiger partial charge in [-0.1, -0.05) is 36.0 Å². The lowest BCUT2D eigenvalue weighted by atomic mass is 10.0. The van der Waals surface area contributed by atoms with E-state index in [1.54, 1.807) is 23.1 Å². The molecule has 142 valence electrons. The monoisotopic (exact) mass is 397 g/mol. The maximum atomic E-state index is 12.5. The number of carbonyl (C=O) groups excluding carboxylic acids is 2. The molecule has 0 bridgehead atoms. The Balaban J connectivity index is 1.52. The van der Waals surface area contributed by atoms with Crippen molar-refractivity contribution in [3.05, 3.63) is 28.2 Å². The Labute approximate surface area is 164 Å². The van der Waals surface area contributed by atoms with Crippen LogP contribution in [0.5, 0.6) is 0 Å². The van der Waals surface area contributed by atoms with Crippen LogP contribution in [0.1, 0.15) is 38.5 Å². The summed E-state index contributed by atoms with van der Waals surface area (Å²) in [6, 6.07) is 4.77. The standard InChI is InChI=1S/C19H25Cl2N3O2/c20-15-11-16(21)13-17(12-15)22-19(26)24-7-3-6-23(8-9-24)18(25)10-14-4-1-2-5-14/h11-14H,1-10H2,(H,22,26). The Morgan fingerprint density at radius 2 is 1.54 bits per heavy atom. The summed E-state index contributed by atoms with van der Waals surface area (Å²) in [5.74, 6) is 0.790. The van der Waals surface area contributed by atoms with E-state index < -0.39 is 0 Å². The first kappa shape index (κ1) is 19.3. The lowest BCUT2D eigenvalue weighted by Gasteiger charge is -2.23. The number of rotatable bonds is 3. The Morgan fingerprint density at radius 3 is 2.23 bits per heavy atom. The lowest BCUT2D eigenvalue weighted by molar-refractivity contribution is -0.132. The van der Waals surface area contributed by atoms with Crippen LogP contribution in [0.3, 0.4) is 0 Å². The van der Waals surface area contributed by atoms with Gasteiger partial charge in [-0.05, 0) is 43.4 Å². The number of amides is 3. The van der Waals surface area contributed by atoms with Gasteiger partial charge < -0.3 is 15.1 Å². The molecule has 2 fully saturated rings. The molecule has 3 rings (SSSR count). The van der Waals surface area contributed by atoms with Gasteiger partial charge >= 0.3 is 6.03 Å². The van der Waals surface area contributed by atoms with Gasteiger partial charge in [0.25, 0.3) is 0 Å². The smallest absolute Gasteiger partial charge is 0.321 e. The second kappa shape index (κ2) is 8.96. The molecular formula is C19H25Cl2N3O2. The predicted octanol–water partition coefficient (Wildman–Crippen LogP) is 4.64. The van der Waals surface area contributed by atoms with Crippen molar-refractivity contribution in [3.8, 4) is 0 Å². The molecule has 5 nitrogen and oxygen atoms in total. The van der Waals surface area contributed by atoms with Crippen LogP contribution in [0.4, 0.5) is 10.5 Å². The molecule has 1 aromatic rings. The van der Waals surface area contributed by atoms with Crippen LogP contribution < -0.4 is 5.32 Å². The van der Waals surface area contributed by atoms with Crippen LogP contribution in [0.25, 0.3) is 0 Å². The Bertz CT molecular complexity index is 642. The van der Waals surface area contributed by atoms with Crippen LogP contribution in [0, 0.1) is 5.92 Å². The van der Waals surface area contributed by atoms with Gasteiger partial charge in [0.05, 0.1) is 0 Å². The Morgan fingerprint density at radius 1 is 0.923 bits per heavy atom. The molecule has 3 amide bonds. The van der Waals surface area contributed by atoms with E-state index in [0.29, 0.717) is 47.7 Å². The fourth-order valence-corrected chi connectivity index (χ4v) is 4.32. The van der Waals surface area contributed by atoms with E-state index in [4.69, 9.17) is 23.2 Å². The molecule has 0 aromatic heterocycles. The van der Waals surface area contributed by atoms with Crippen molar-refractivity contribution in [2.24, 2.45) is 5.92 Å². The van der Waals surface area contributed by atoms with Crippen molar-refractivity contribution in [1.82, 2.24) is 9.80 Å². The molecule has 1 aliphatic heterocycles. The minimum Gasteiger partial charge on any atom is -0.341 e. The Kier molecular flexibility index (Phi) is 6.65. The summed E-state index contributed by atoms with van der Waals surface area (Å²) in [7, 11) is 0. The van der Waals surface area contributed by atoms with Crippen LogP contribution >= 0.6 is 23.2 Å². The average molecular weight is 398 g/mol. The van der Waals surface area contributed by atoms with Gasteiger partial charge in [-0.15, -0.1) is 0 Å². The zero-order chi connectivity index (χ0) is 18.5. The summed E-state index contributed by atoms with van der Waals surface area (Å²) in [6.45, 7) is 2.48. The molecule has 0 atom stereocenters. The number of hydrogen-bond donors (Lipinski definition) is 1. The first-order chi connectivity index (χ1) is 12.5. The van der Waals surface area contributed by atoms with E-state index in [1.165, 1.54) is 25.7 Å². The molecule has 26 heavy (non-hydrogen) atoms. The molecule has 1 aliphatic carbocycles. The van der Waals surface area contributed by atoms with Crippen molar-refractivity contribution in [3.63, 3.8) is 0 Å². The maximum Gasteiger partial charge on any atom is 0.321 e. The second-order valence-electron chi connectivity index (χ2n) is 7.16. The van der Waals surface area contributed by atoms with Crippen LogP contribution in [-0.2, 0) is 4.79 Å². The molecule has 0 spiro atoms. The summed E-state index contributed by atoms with van der Waals surface area (Å²) in [4.78, 5) is 28.7. The van der Waals surface area contributed by atoms with Gasteiger partial charge in [-0.3, -0.25) is 4.79 Å². The summed E-state index contributed by atoms with van der Waals surface area (Å²) in [6.07, 6.45) is 6.30. The highest BCUT2D eigenvalue weighted by Crippen LogP contribution is 2.28. The number of benzene rings is 1. The summed E-state index contributed by atoms with van der Waals surface area (Å²) in [5, 5.41) is 3.80. The van der Waals surface area contributed by atoms with Crippen LogP contribution in [-0.4, -0.2) is 47.9 Å². The molecule has 1 heterocycles. The van der Waals surface area contributed by atoms with Gasteiger partial charge in [0, 0.05) is 48.3 Å². The van der Waals surface area contributed by atoms with E-state index in [1.807, 2.05) is 4.90 Å². The molecule has 0 unspecified atom stereocenters. The second-order valence-corrected chi connectivity index (χ2v) is 8.04. The number of nitrogens with one attached hydrogen (secondary N) is 1. The minimum absolute atomic E-state index is 0.187. The van der Waals surface area contributed by atoms with Crippen LogP contribution in [0.2, 0.25) is 10.0 Å². The van der Waals surface area contributed by atoms with E-state index in [-0.39, 0.29) is 11.9 Å². The topological polar surface area (TPSA) is 52.7 Å². The van der Waals surface area contributed by atoms with E-state index in [2.05, 4.69) is 5.32 Å². The van der Waals surface area contributed by atoms with Crippen molar-refractivity contribution < 1.29 is 9.59 Å². The zero-order valence-electron chi connectivity index (χ0n) is 14.8. The van der Waals surface area contributed by atoms with Gasteiger partial charge in [0.1, 0.15) is 0 Å². The van der Waals surface area contributed by atoms with E-state index in [9.17, 15) is 9.59 Å². The molecule has 1 saturated heterocycles. The minimum atomic E-state index is -0.187. The average Bonchev–Trinajstić information content (AvgIpc) is 2.94. The van der Waals surface area contributed by atoms with E-state index in [0.717, 1.165) is 13.0 Å². The SMILES string of the molecule is O=C(CC1CCCC1)N1CCCN(C(=O)Nc2cc(Cl)cc(Cl)c2)CC1. The highest BCUT2D eigenvalue weighted by molar-refractivity contribution is 6.35. The molecule has 1 aromatic carbocycles. The molecule has 2 aliphatic rings. The molecule has 1 N–H and O–H groups in total. The number of halogens is 2. The number of nitrogens with zero attached hydrogens (tertiary/aromatic N) is 2. The summed E-state index contributed by atoms with van der Waals surface area (Å²) in [5.41, 5.74) is 0.575. The highest BCUT2D eigenvalue weighted by atomic mass is 35.5. The molecule has 0 radical (unpaired) electrons. The van der Waals surface area contributed by atoms with Crippen molar-refractivity contribution in [1.29, 1.82) is 0 Å². The van der Waals surface area contributed by atoms with Crippen molar-refractivity contribution in [2.75, 3.05) is 31.5 Å². The summed E-state index contributed by atoms with van der Waals surface area (Å²) >= 11 is 12.0. The van der Waals surface area contributed by atoms with Crippen LogP contribution in [0.15, 0.2) is 18.2 Å². The van der Waals surface area contributed by atoms with Crippen molar-refractivity contribution in [2.45, 2.75) is 38.5 Å². The Hall–Kier alpha value is -1.46. The number of carbonyl (C=O) groups is 2. The summed E-state index contributed by atoms with van der Waals surface area (Å²) < 4.78 is 0.